The van der Waals surface area contributed by atoms with Gasteiger partial charge >= 0.3 is 6.03 Å². The molecule has 1 unspecified atom stereocenters. The number of hydrogen-bond donors (Lipinski definition) is 2. The van der Waals surface area contributed by atoms with Gasteiger partial charge in [0.2, 0.25) is 11.9 Å². The van der Waals surface area contributed by atoms with Gasteiger partial charge in [-0.15, -0.1) is 0 Å². The first-order chi connectivity index (χ1) is 22.6. The van der Waals surface area contributed by atoms with Crippen molar-refractivity contribution in [3.05, 3.63) is 94.4 Å². The van der Waals surface area contributed by atoms with Crippen molar-refractivity contribution in [1.82, 2.24) is 19.9 Å². The monoisotopic (exact) mass is 676 g/mol. The van der Waals surface area contributed by atoms with Crippen LogP contribution in [-0.4, -0.2) is 66.6 Å². The molecule has 1 atom stereocenters. The molecule has 14 heteroatoms. The number of nitrogens with zero attached hydrogens (tertiary/aromatic N) is 6. The zero-order valence-corrected chi connectivity index (χ0v) is 28.0. The number of rotatable bonds is 11. The van der Waals surface area contributed by atoms with Crippen LogP contribution in [0.25, 0.3) is 0 Å². The lowest BCUT2D eigenvalue weighted by Gasteiger charge is -2.40. The molecule has 3 amide bonds. The number of hydrogen-bond acceptors (Lipinski definition) is 9. The van der Waals surface area contributed by atoms with Gasteiger partial charge in [0, 0.05) is 42.3 Å². The maximum atomic E-state index is 14.6. The molecular formula is C33H34Cl2N8O4. The van der Waals surface area contributed by atoms with Crippen LogP contribution in [0.1, 0.15) is 24.1 Å². The Balaban J connectivity index is 1.57. The lowest BCUT2D eigenvalue weighted by molar-refractivity contribution is -0.111. The minimum absolute atomic E-state index is 0.0652. The van der Waals surface area contributed by atoms with Crippen LogP contribution in [0.4, 0.5) is 33.6 Å². The zero-order valence-electron chi connectivity index (χ0n) is 26.5. The van der Waals surface area contributed by atoms with Gasteiger partial charge in [0.15, 0.2) is 0 Å². The Kier molecular flexibility index (Phi) is 10.4. The Bertz CT molecular complexity index is 1780. The molecule has 0 radical (unpaired) electrons. The van der Waals surface area contributed by atoms with Crippen molar-refractivity contribution in [1.29, 1.82) is 0 Å². The van der Waals surface area contributed by atoms with Crippen molar-refractivity contribution in [2.75, 3.05) is 55.3 Å². The lowest BCUT2D eigenvalue weighted by Crippen LogP contribution is -2.49. The van der Waals surface area contributed by atoms with Crippen LogP contribution in [0.5, 0.6) is 11.5 Å². The van der Waals surface area contributed by atoms with Crippen LogP contribution in [0.3, 0.4) is 0 Å². The molecule has 4 aromatic rings. The van der Waals surface area contributed by atoms with E-state index in [2.05, 4.69) is 20.6 Å². The van der Waals surface area contributed by atoms with Crippen molar-refractivity contribution in [3.8, 4) is 11.5 Å². The fraction of sp³-hybridized carbons (Fsp3) is 0.242. The van der Waals surface area contributed by atoms with E-state index in [4.69, 9.17) is 37.7 Å². The number of likely N-dealkylation sites (N-methyl/N-ethyl adjacent to an activating group) is 1. The average Bonchev–Trinajstić information content (AvgIpc) is 3.05. The van der Waals surface area contributed by atoms with Crippen LogP contribution >= 0.6 is 23.2 Å². The molecule has 47 heavy (non-hydrogen) atoms. The quantitative estimate of drug-likeness (QED) is 0.167. The fourth-order valence-electron chi connectivity index (χ4n) is 5.02. The van der Waals surface area contributed by atoms with Gasteiger partial charge in [0.1, 0.15) is 27.4 Å². The summed E-state index contributed by atoms with van der Waals surface area (Å²) in [5, 5.41) is 6.33. The Morgan fingerprint density at radius 3 is 2.45 bits per heavy atom. The van der Waals surface area contributed by atoms with E-state index < -0.39 is 12.1 Å². The third-order valence-corrected chi connectivity index (χ3v) is 8.07. The first-order valence-corrected chi connectivity index (χ1v) is 15.3. The summed E-state index contributed by atoms with van der Waals surface area (Å²) in [5.74, 6) is 0.980. The van der Waals surface area contributed by atoms with Crippen LogP contribution in [0.15, 0.2) is 73.2 Å². The van der Waals surface area contributed by atoms with E-state index in [1.165, 1.54) is 25.2 Å². The van der Waals surface area contributed by atoms with Gasteiger partial charge in [-0.2, -0.15) is 4.98 Å². The second-order valence-corrected chi connectivity index (χ2v) is 11.6. The number of urea groups is 1. The Labute approximate surface area is 282 Å². The van der Waals surface area contributed by atoms with E-state index in [-0.39, 0.29) is 45.6 Å². The number of halogens is 2. The number of anilines is 5. The smallest absolute Gasteiger partial charge is 0.331 e. The fourth-order valence-corrected chi connectivity index (χ4v) is 5.72. The van der Waals surface area contributed by atoms with Gasteiger partial charge in [0.05, 0.1) is 44.4 Å². The molecule has 12 nitrogen and oxygen atoms in total. The number of benzene rings is 2. The molecule has 2 N–H and O–H groups in total. The van der Waals surface area contributed by atoms with E-state index in [1.54, 1.807) is 47.8 Å². The van der Waals surface area contributed by atoms with Crippen molar-refractivity contribution < 1.29 is 19.1 Å². The predicted octanol–water partition coefficient (Wildman–Crippen LogP) is 6.70. The van der Waals surface area contributed by atoms with Crippen LogP contribution in [0, 0.1) is 0 Å². The average molecular weight is 678 g/mol. The van der Waals surface area contributed by atoms with Crippen molar-refractivity contribution in [2.45, 2.75) is 19.5 Å². The molecule has 2 aromatic carbocycles. The molecule has 3 heterocycles. The molecule has 1 aliphatic heterocycles. The van der Waals surface area contributed by atoms with E-state index in [0.717, 1.165) is 5.56 Å². The highest BCUT2D eigenvalue weighted by atomic mass is 35.5. The number of pyridine rings is 1. The molecule has 2 aromatic heterocycles. The number of methoxy groups -OCH3 is 2. The second kappa shape index (κ2) is 14.7. The van der Waals surface area contributed by atoms with Crippen molar-refractivity contribution in [3.63, 3.8) is 0 Å². The summed E-state index contributed by atoms with van der Waals surface area (Å²) in [6, 6.07) is 11.5. The Morgan fingerprint density at radius 2 is 1.79 bits per heavy atom. The summed E-state index contributed by atoms with van der Waals surface area (Å²) in [4.78, 5) is 45.6. The maximum absolute atomic E-state index is 14.6. The zero-order chi connectivity index (χ0) is 33.7. The van der Waals surface area contributed by atoms with E-state index in [9.17, 15) is 9.59 Å². The third kappa shape index (κ3) is 7.40. The molecular weight excluding hydrogens is 643 g/mol. The number of amides is 3. The SMILES string of the molecule is COc1cc(OC)c(Cl)c(N2Cc3cnc(Nc4cccnc4)nc3N(C(C)c3cccc(NC(=O)/C=C/CN(C)C)c3)C2=O)c1Cl. The molecule has 0 aliphatic carbocycles. The molecule has 1 aliphatic rings. The number of nitrogens with one attached hydrogen (secondary N) is 2. The van der Waals surface area contributed by atoms with Gasteiger partial charge in [-0.05, 0) is 50.8 Å². The van der Waals surface area contributed by atoms with Crippen LogP contribution in [-0.2, 0) is 11.3 Å². The van der Waals surface area contributed by atoms with Gasteiger partial charge in [-0.3, -0.25) is 19.6 Å². The summed E-state index contributed by atoms with van der Waals surface area (Å²) >= 11 is 13.6. The second-order valence-electron chi connectivity index (χ2n) is 10.9. The summed E-state index contributed by atoms with van der Waals surface area (Å²) in [5.41, 5.74) is 2.85. The van der Waals surface area contributed by atoms with Crippen LogP contribution in [0.2, 0.25) is 10.0 Å². The summed E-state index contributed by atoms with van der Waals surface area (Å²) in [6.45, 7) is 2.56. The largest absolute Gasteiger partial charge is 0.495 e. The molecule has 0 saturated heterocycles. The Morgan fingerprint density at radius 1 is 1.06 bits per heavy atom. The van der Waals surface area contributed by atoms with Gasteiger partial charge < -0.3 is 25.0 Å². The molecule has 0 spiro atoms. The standard InChI is InChI=1S/C33H34Cl2N8O4/c1-20(21-9-6-10-23(15-21)38-27(44)12-8-14-41(2)3)43-31-22(17-37-32(40-31)39-24-11-7-13-36-18-24)19-42(33(43)45)30-28(34)25(46-4)16-26(47-5)29(30)35/h6-13,15-18,20H,14,19H2,1-5H3,(H,38,44)(H,37,39,40)/b12-8+. The number of ether oxygens (including phenoxy) is 2. The molecule has 0 bridgehead atoms. The normalized spacial score (nSPS) is 13.5. The van der Waals surface area contributed by atoms with Gasteiger partial charge in [-0.1, -0.05) is 41.4 Å². The summed E-state index contributed by atoms with van der Waals surface area (Å²) in [6.07, 6.45) is 8.22. The molecule has 244 valence electrons. The minimum atomic E-state index is -0.573. The van der Waals surface area contributed by atoms with Crippen molar-refractivity contribution in [2.24, 2.45) is 0 Å². The highest BCUT2D eigenvalue weighted by molar-refractivity contribution is 6.42. The third-order valence-electron chi connectivity index (χ3n) is 7.34. The first-order valence-electron chi connectivity index (χ1n) is 14.6. The number of carbonyl (C=O) groups is 2. The number of carbonyl (C=O) groups excluding carboxylic acids is 2. The maximum Gasteiger partial charge on any atom is 0.331 e. The molecule has 0 saturated carbocycles. The topological polar surface area (TPSA) is 125 Å². The van der Waals surface area contributed by atoms with Crippen molar-refractivity contribution >= 4 is 64.0 Å². The predicted molar refractivity (Wildman–Crippen MR) is 184 cm³/mol. The Hall–Kier alpha value is -4.91. The number of aromatic nitrogens is 3. The lowest BCUT2D eigenvalue weighted by atomic mass is 10.0. The highest BCUT2D eigenvalue weighted by Gasteiger charge is 2.39. The molecule has 0 fully saturated rings. The van der Waals surface area contributed by atoms with Crippen LogP contribution < -0.4 is 29.9 Å². The first kappa shape index (κ1) is 33.5. The summed E-state index contributed by atoms with van der Waals surface area (Å²) in [7, 11) is 6.77. The number of fused-ring (bicyclic) bond motifs is 1. The summed E-state index contributed by atoms with van der Waals surface area (Å²) < 4.78 is 10.9. The van der Waals surface area contributed by atoms with E-state index in [1.807, 2.05) is 50.2 Å². The highest BCUT2D eigenvalue weighted by Crippen LogP contribution is 2.48. The minimum Gasteiger partial charge on any atom is -0.495 e. The molecule has 5 rings (SSSR count). The van der Waals surface area contributed by atoms with E-state index in [0.29, 0.717) is 29.3 Å². The van der Waals surface area contributed by atoms with E-state index >= 15 is 0 Å². The van der Waals surface area contributed by atoms with Gasteiger partial charge in [0.25, 0.3) is 0 Å². The van der Waals surface area contributed by atoms with Gasteiger partial charge in [-0.25, -0.2) is 9.78 Å².